The fourth-order valence-electron chi connectivity index (χ4n) is 2.19. The van der Waals surface area contributed by atoms with Crippen molar-refractivity contribution in [3.63, 3.8) is 0 Å². The lowest BCUT2D eigenvalue weighted by atomic mass is 10.1. The molecule has 21 heavy (non-hydrogen) atoms. The molecule has 0 bridgehead atoms. The molecule has 1 saturated heterocycles. The zero-order valence-corrected chi connectivity index (χ0v) is 12.2. The number of hydrogen-bond acceptors (Lipinski definition) is 4. The van der Waals surface area contributed by atoms with Gasteiger partial charge in [0.1, 0.15) is 6.04 Å². The molecular formula is C13H22N2O6. The number of hydrogen-bond donors (Lipinski definition) is 3. The Bertz CT molecular complexity index is 400. The molecule has 2 unspecified atom stereocenters. The molecule has 1 aliphatic heterocycles. The van der Waals surface area contributed by atoms with Gasteiger partial charge in [-0.25, -0.2) is 9.59 Å². The van der Waals surface area contributed by atoms with Crippen molar-refractivity contribution in [2.24, 2.45) is 0 Å². The van der Waals surface area contributed by atoms with Gasteiger partial charge in [-0.2, -0.15) is 0 Å². The van der Waals surface area contributed by atoms with Gasteiger partial charge in [0, 0.05) is 13.0 Å². The first-order chi connectivity index (χ1) is 9.85. The second-order valence-electron chi connectivity index (χ2n) is 5.13. The Morgan fingerprint density at radius 2 is 2.05 bits per heavy atom. The normalized spacial score (nSPS) is 23.4. The number of morpholine rings is 1. The highest BCUT2D eigenvalue weighted by Gasteiger charge is 2.31. The van der Waals surface area contributed by atoms with Crippen molar-refractivity contribution in [1.82, 2.24) is 10.2 Å². The van der Waals surface area contributed by atoms with Gasteiger partial charge in [0.25, 0.3) is 0 Å². The average molecular weight is 302 g/mol. The number of nitrogens with zero attached hydrogens (tertiary/aromatic N) is 1. The first kappa shape index (κ1) is 17.2. The monoisotopic (exact) mass is 302 g/mol. The van der Waals surface area contributed by atoms with E-state index in [2.05, 4.69) is 5.32 Å². The van der Waals surface area contributed by atoms with Crippen molar-refractivity contribution >= 4 is 18.0 Å². The van der Waals surface area contributed by atoms with E-state index < -0.39 is 24.0 Å². The zero-order chi connectivity index (χ0) is 16.0. The summed E-state index contributed by atoms with van der Waals surface area (Å²) in [5, 5.41) is 20.1. The zero-order valence-electron chi connectivity index (χ0n) is 12.2. The molecule has 0 saturated carbocycles. The van der Waals surface area contributed by atoms with E-state index in [-0.39, 0.29) is 25.0 Å². The molecule has 0 aromatic rings. The van der Waals surface area contributed by atoms with Gasteiger partial charge in [0.2, 0.25) is 0 Å². The molecule has 8 nitrogen and oxygen atoms in total. The molecule has 3 atom stereocenters. The summed E-state index contributed by atoms with van der Waals surface area (Å²) in [4.78, 5) is 35.4. The van der Waals surface area contributed by atoms with E-state index in [4.69, 9.17) is 14.9 Å². The van der Waals surface area contributed by atoms with Crippen LogP contribution < -0.4 is 5.32 Å². The maximum atomic E-state index is 12.2. The molecular weight excluding hydrogens is 280 g/mol. The molecule has 3 N–H and O–H groups in total. The standard InChI is InChI=1S/C13H22N2O6/c1-3-9-7-21-8(2)6-15(9)13(20)14-10(12(18)19)4-5-11(16)17/h8-10H,3-7H2,1-2H3,(H,14,20)(H,16,17)(H,18,19)/t8?,9?,10-/m0/s1. The minimum absolute atomic E-state index is 0.102. The lowest BCUT2D eigenvalue weighted by Gasteiger charge is -2.38. The Morgan fingerprint density at radius 1 is 1.38 bits per heavy atom. The van der Waals surface area contributed by atoms with E-state index in [0.29, 0.717) is 19.6 Å². The van der Waals surface area contributed by atoms with Crippen LogP contribution in [0.2, 0.25) is 0 Å². The Labute approximate surface area is 123 Å². The van der Waals surface area contributed by atoms with Crippen LogP contribution in [0.4, 0.5) is 4.79 Å². The SMILES string of the molecule is CCC1COC(C)CN1C(=O)N[C@@H](CCC(=O)O)C(=O)O. The van der Waals surface area contributed by atoms with Gasteiger partial charge in [0.15, 0.2) is 0 Å². The number of amides is 2. The number of carbonyl (C=O) groups excluding carboxylic acids is 1. The molecule has 0 radical (unpaired) electrons. The predicted octanol–water partition coefficient (Wildman–Crippen LogP) is 0.513. The molecule has 1 aliphatic rings. The fraction of sp³-hybridized carbons (Fsp3) is 0.769. The van der Waals surface area contributed by atoms with Crippen molar-refractivity contribution in [2.45, 2.75) is 51.3 Å². The van der Waals surface area contributed by atoms with Crippen LogP contribution in [-0.2, 0) is 14.3 Å². The van der Waals surface area contributed by atoms with E-state index in [1.165, 1.54) is 0 Å². The molecule has 1 fully saturated rings. The molecule has 2 amide bonds. The highest BCUT2D eigenvalue weighted by molar-refractivity contribution is 5.83. The summed E-state index contributed by atoms with van der Waals surface area (Å²) in [6.07, 6.45) is 0.134. The van der Waals surface area contributed by atoms with Crippen LogP contribution >= 0.6 is 0 Å². The number of carboxylic acid groups (broad SMARTS) is 2. The van der Waals surface area contributed by atoms with E-state index in [0.717, 1.165) is 0 Å². The molecule has 1 rings (SSSR count). The van der Waals surface area contributed by atoms with Gasteiger partial charge in [-0.3, -0.25) is 4.79 Å². The first-order valence-corrected chi connectivity index (χ1v) is 6.98. The topological polar surface area (TPSA) is 116 Å². The third-order valence-electron chi connectivity index (χ3n) is 3.44. The number of aliphatic carboxylic acids is 2. The van der Waals surface area contributed by atoms with E-state index in [1.807, 2.05) is 13.8 Å². The second-order valence-corrected chi connectivity index (χ2v) is 5.13. The smallest absolute Gasteiger partial charge is 0.326 e. The van der Waals surface area contributed by atoms with Crippen molar-refractivity contribution in [2.75, 3.05) is 13.2 Å². The summed E-state index contributed by atoms with van der Waals surface area (Å²) >= 11 is 0. The number of rotatable bonds is 6. The summed E-state index contributed by atoms with van der Waals surface area (Å²) < 4.78 is 5.48. The molecule has 0 aromatic carbocycles. The summed E-state index contributed by atoms with van der Waals surface area (Å²) in [5.41, 5.74) is 0. The molecule has 0 aromatic heterocycles. The number of carboxylic acids is 2. The van der Waals surface area contributed by atoms with E-state index in [9.17, 15) is 14.4 Å². The fourth-order valence-corrected chi connectivity index (χ4v) is 2.19. The van der Waals surface area contributed by atoms with Gasteiger partial charge in [-0.1, -0.05) is 6.92 Å². The summed E-state index contributed by atoms with van der Waals surface area (Å²) in [7, 11) is 0. The van der Waals surface area contributed by atoms with Crippen LogP contribution in [0.15, 0.2) is 0 Å². The van der Waals surface area contributed by atoms with Crippen LogP contribution in [0.5, 0.6) is 0 Å². The van der Waals surface area contributed by atoms with Crippen LogP contribution in [0, 0.1) is 0 Å². The maximum Gasteiger partial charge on any atom is 0.326 e. The van der Waals surface area contributed by atoms with Crippen LogP contribution in [0.3, 0.4) is 0 Å². The molecule has 120 valence electrons. The Kier molecular flexibility index (Phi) is 6.41. The number of urea groups is 1. The number of carbonyl (C=O) groups is 3. The van der Waals surface area contributed by atoms with Gasteiger partial charge < -0.3 is 25.2 Å². The average Bonchev–Trinajstić information content (AvgIpc) is 2.42. The van der Waals surface area contributed by atoms with Gasteiger partial charge in [0.05, 0.1) is 18.8 Å². The molecule has 1 heterocycles. The minimum Gasteiger partial charge on any atom is -0.481 e. The van der Waals surface area contributed by atoms with Crippen LogP contribution in [-0.4, -0.2) is 64.4 Å². The van der Waals surface area contributed by atoms with E-state index >= 15 is 0 Å². The Balaban J connectivity index is 2.66. The van der Waals surface area contributed by atoms with Crippen molar-refractivity contribution in [3.8, 4) is 0 Å². The van der Waals surface area contributed by atoms with Gasteiger partial charge in [-0.05, 0) is 19.8 Å². The number of ether oxygens (including phenoxy) is 1. The third-order valence-corrected chi connectivity index (χ3v) is 3.44. The van der Waals surface area contributed by atoms with Crippen molar-refractivity contribution in [3.05, 3.63) is 0 Å². The summed E-state index contributed by atoms with van der Waals surface area (Å²) in [6, 6.07) is -1.80. The highest BCUT2D eigenvalue weighted by atomic mass is 16.5. The lowest BCUT2D eigenvalue weighted by molar-refractivity contribution is -0.140. The third kappa shape index (κ3) is 5.22. The second kappa shape index (κ2) is 7.82. The highest BCUT2D eigenvalue weighted by Crippen LogP contribution is 2.15. The Morgan fingerprint density at radius 3 is 2.57 bits per heavy atom. The van der Waals surface area contributed by atoms with Gasteiger partial charge in [-0.15, -0.1) is 0 Å². The molecule has 8 heteroatoms. The van der Waals surface area contributed by atoms with Crippen molar-refractivity contribution in [1.29, 1.82) is 0 Å². The van der Waals surface area contributed by atoms with Gasteiger partial charge >= 0.3 is 18.0 Å². The summed E-state index contributed by atoms with van der Waals surface area (Å²) in [6.45, 7) is 4.56. The largest absolute Gasteiger partial charge is 0.481 e. The maximum absolute atomic E-state index is 12.2. The number of nitrogens with one attached hydrogen (secondary N) is 1. The summed E-state index contributed by atoms with van der Waals surface area (Å²) in [5.74, 6) is -2.33. The lowest BCUT2D eigenvalue weighted by Crippen LogP contribution is -2.57. The van der Waals surface area contributed by atoms with Crippen LogP contribution in [0.1, 0.15) is 33.1 Å². The predicted molar refractivity (Wildman–Crippen MR) is 73.0 cm³/mol. The quantitative estimate of drug-likeness (QED) is 0.658. The van der Waals surface area contributed by atoms with E-state index in [1.54, 1.807) is 4.90 Å². The Hall–Kier alpha value is -1.83. The molecule has 0 aliphatic carbocycles. The first-order valence-electron chi connectivity index (χ1n) is 6.98. The molecule has 0 spiro atoms. The minimum atomic E-state index is -1.24. The van der Waals surface area contributed by atoms with Crippen molar-refractivity contribution < 1.29 is 29.3 Å². The van der Waals surface area contributed by atoms with Crippen LogP contribution in [0.25, 0.3) is 0 Å².